The number of rotatable bonds is 9. The molecule has 4 rings (SSSR count). The van der Waals surface area contributed by atoms with Crippen LogP contribution in [-0.4, -0.2) is 42.8 Å². The summed E-state index contributed by atoms with van der Waals surface area (Å²) in [5, 5.41) is 3.79. The fourth-order valence-electron chi connectivity index (χ4n) is 3.81. The summed E-state index contributed by atoms with van der Waals surface area (Å²) in [6.45, 7) is 0.139. The van der Waals surface area contributed by atoms with E-state index < -0.39 is 12.0 Å². The third-order valence-corrected chi connectivity index (χ3v) is 5.87. The van der Waals surface area contributed by atoms with Gasteiger partial charge in [-0.15, -0.1) is 0 Å². The minimum absolute atomic E-state index is 0.0553. The lowest BCUT2D eigenvalue weighted by Crippen LogP contribution is -2.39. The summed E-state index contributed by atoms with van der Waals surface area (Å²) in [4.78, 5) is 50.9. The van der Waals surface area contributed by atoms with Crippen molar-refractivity contribution >= 4 is 40.9 Å². The quantitative estimate of drug-likeness (QED) is 0.278. The molecular weight excluding hydrogens is 468 g/mol. The number of carbonyl (C=O) groups is 4. The first kappa shape index (κ1) is 24.3. The summed E-state index contributed by atoms with van der Waals surface area (Å²) >= 11 is 6.00. The summed E-state index contributed by atoms with van der Waals surface area (Å²) in [6.07, 6.45) is 0.724. The first-order valence-electron chi connectivity index (χ1n) is 11.1. The Morgan fingerprint density at radius 2 is 1.69 bits per heavy atom. The third-order valence-electron chi connectivity index (χ3n) is 5.63. The number of hydrogen-bond acceptors (Lipinski definition) is 6. The summed E-state index contributed by atoms with van der Waals surface area (Å²) < 4.78 is 5.10. The van der Waals surface area contributed by atoms with Crippen LogP contribution in [0.15, 0.2) is 78.9 Å². The summed E-state index contributed by atoms with van der Waals surface area (Å²) in [5.41, 5.74) is 2.07. The predicted molar refractivity (Wildman–Crippen MR) is 132 cm³/mol. The summed E-state index contributed by atoms with van der Waals surface area (Å²) in [5.74, 6) is -1.64. The zero-order chi connectivity index (χ0) is 24.8. The molecule has 0 aromatic heterocycles. The molecule has 178 valence electrons. The van der Waals surface area contributed by atoms with Gasteiger partial charge >= 0.3 is 5.97 Å². The van der Waals surface area contributed by atoms with Crippen LogP contribution in [0.2, 0.25) is 5.02 Å². The second-order valence-electron chi connectivity index (χ2n) is 8.07. The molecule has 0 saturated carbocycles. The highest BCUT2D eigenvalue weighted by Gasteiger charge is 2.39. The van der Waals surface area contributed by atoms with Crippen molar-refractivity contribution in [3.63, 3.8) is 0 Å². The number of nitrogens with zero attached hydrogens (tertiary/aromatic N) is 1. The topological polar surface area (TPSA) is 92.8 Å². The molecule has 7 nitrogen and oxygen atoms in total. The van der Waals surface area contributed by atoms with Crippen LogP contribution < -0.4 is 10.2 Å². The minimum atomic E-state index is -0.666. The second-order valence-corrected chi connectivity index (χ2v) is 8.51. The normalized spacial score (nSPS) is 15.3. The number of nitrogens with one attached hydrogen (secondary N) is 1. The fourth-order valence-corrected chi connectivity index (χ4v) is 4.03. The Balaban J connectivity index is 1.31. The highest BCUT2D eigenvalue weighted by atomic mass is 35.5. The van der Waals surface area contributed by atoms with E-state index in [9.17, 15) is 19.2 Å². The van der Waals surface area contributed by atoms with E-state index >= 15 is 0 Å². The zero-order valence-corrected chi connectivity index (χ0v) is 19.5. The van der Waals surface area contributed by atoms with Crippen LogP contribution >= 0.6 is 11.6 Å². The van der Waals surface area contributed by atoms with Crippen LogP contribution in [-0.2, 0) is 20.7 Å². The van der Waals surface area contributed by atoms with E-state index in [-0.39, 0.29) is 36.2 Å². The highest BCUT2D eigenvalue weighted by molar-refractivity contribution is 6.30. The Morgan fingerprint density at radius 1 is 0.943 bits per heavy atom. The van der Waals surface area contributed by atoms with Gasteiger partial charge in [-0.1, -0.05) is 54.1 Å². The summed E-state index contributed by atoms with van der Waals surface area (Å²) in [7, 11) is 0. The van der Waals surface area contributed by atoms with E-state index in [0.717, 1.165) is 10.5 Å². The van der Waals surface area contributed by atoms with Gasteiger partial charge in [0.15, 0.2) is 12.4 Å². The Morgan fingerprint density at radius 3 is 2.40 bits per heavy atom. The van der Waals surface area contributed by atoms with Crippen molar-refractivity contribution in [2.24, 2.45) is 0 Å². The molecule has 1 aliphatic heterocycles. The Labute approximate surface area is 207 Å². The number of imide groups is 1. The van der Waals surface area contributed by atoms with Gasteiger partial charge in [0, 0.05) is 10.6 Å². The van der Waals surface area contributed by atoms with E-state index in [1.165, 1.54) is 24.3 Å². The third kappa shape index (κ3) is 6.01. The average Bonchev–Trinajstić information content (AvgIpc) is 3.15. The maximum Gasteiger partial charge on any atom is 0.338 e. The molecule has 1 atom stereocenters. The monoisotopic (exact) mass is 490 g/mol. The molecule has 8 heteroatoms. The minimum Gasteiger partial charge on any atom is -0.454 e. The number of esters is 1. The Kier molecular flexibility index (Phi) is 7.70. The van der Waals surface area contributed by atoms with E-state index in [1.807, 2.05) is 18.2 Å². The van der Waals surface area contributed by atoms with E-state index in [0.29, 0.717) is 29.2 Å². The first-order chi connectivity index (χ1) is 16.9. The lowest BCUT2D eigenvalue weighted by Gasteiger charge is -2.16. The van der Waals surface area contributed by atoms with E-state index in [1.54, 1.807) is 36.4 Å². The molecule has 0 radical (unpaired) electrons. The van der Waals surface area contributed by atoms with Gasteiger partial charge < -0.3 is 10.1 Å². The van der Waals surface area contributed by atoms with Gasteiger partial charge in [-0.25, -0.2) is 9.69 Å². The zero-order valence-electron chi connectivity index (χ0n) is 18.8. The molecule has 1 saturated heterocycles. The number of benzene rings is 3. The fraction of sp³-hybridized carbons (Fsp3) is 0.185. The molecule has 1 unspecified atom stereocenters. The maximum absolute atomic E-state index is 12.8. The van der Waals surface area contributed by atoms with Crippen LogP contribution in [0.1, 0.15) is 32.7 Å². The van der Waals surface area contributed by atoms with Gasteiger partial charge in [-0.05, 0) is 54.9 Å². The largest absolute Gasteiger partial charge is 0.454 e. The smallest absolute Gasteiger partial charge is 0.338 e. The number of anilines is 1. The number of ether oxygens (including phenoxy) is 1. The van der Waals surface area contributed by atoms with Gasteiger partial charge in [0.25, 0.3) is 5.91 Å². The molecule has 2 amide bonds. The molecule has 1 N–H and O–H groups in total. The number of hydrogen-bond donors (Lipinski definition) is 1. The number of ketones is 1. The number of halogens is 1. The van der Waals surface area contributed by atoms with Crippen molar-refractivity contribution in [1.29, 1.82) is 0 Å². The van der Waals surface area contributed by atoms with Crippen LogP contribution in [0.5, 0.6) is 0 Å². The van der Waals surface area contributed by atoms with Gasteiger partial charge in [0.2, 0.25) is 5.91 Å². The van der Waals surface area contributed by atoms with Crippen molar-refractivity contribution in [3.05, 3.63) is 101 Å². The standard InChI is InChI=1S/C27H23ClN2O5/c28-21-8-4-5-18(15-21)13-14-29-23-16-25(32)30(26(23)33)22-11-9-20(10-12-22)27(34)35-17-24(31)19-6-2-1-3-7-19/h1-12,15,23,29H,13-14,16-17H2. The first-order valence-corrected chi connectivity index (χ1v) is 11.5. The highest BCUT2D eigenvalue weighted by Crippen LogP contribution is 2.24. The molecule has 0 aliphatic carbocycles. The second kappa shape index (κ2) is 11.1. The van der Waals surface area contributed by atoms with Crippen molar-refractivity contribution in [3.8, 4) is 0 Å². The number of amides is 2. The molecule has 3 aromatic carbocycles. The van der Waals surface area contributed by atoms with Crippen LogP contribution in [0.25, 0.3) is 0 Å². The van der Waals surface area contributed by atoms with Crippen molar-refractivity contribution in [1.82, 2.24) is 5.32 Å². The lowest BCUT2D eigenvalue weighted by molar-refractivity contribution is -0.121. The molecule has 0 bridgehead atoms. The van der Waals surface area contributed by atoms with E-state index in [2.05, 4.69) is 5.32 Å². The van der Waals surface area contributed by atoms with E-state index in [4.69, 9.17) is 16.3 Å². The maximum atomic E-state index is 12.8. The molecule has 1 aliphatic rings. The molecule has 3 aromatic rings. The van der Waals surface area contributed by atoms with Crippen molar-refractivity contribution in [2.45, 2.75) is 18.9 Å². The molecule has 1 fully saturated rings. The van der Waals surface area contributed by atoms with Gasteiger partial charge in [-0.3, -0.25) is 14.4 Å². The SMILES string of the molecule is O=C(COC(=O)c1ccc(N2C(=O)CC(NCCc3cccc(Cl)c3)C2=O)cc1)c1ccccc1. The van der Waals surface area contributed by atoms with Crippen molar-refractivity contribution in [2.75, 3.05) is 18.1 Å². The van der Waals surface area contributed by atoms with Crippen LogP contribution in [0.4, 0.5) is 5.69 Å². The average molecular weight is 491 g/mol. The predicted octanol–water partition coefficient (Wildman–Crippen LogP) is 3.84. The van der Waals surface area contributed by atoms with Crippen molar-refractivity contribution < 1.29 is 23.9 Å². The summed E-state index contributed by atoms with van der Waals surface area (Å²) in [6, 6.07) is 21.4. The van der Waals surface area contributed by atoms with Gasteiger partial charge in [0.05, 0.1) is 23.7 Å². The van der Waals surface area contributed by atoms with Gasteiger partial charge in [0.1, 0.15) is 0 Å². The number of carbonyl (C=O) groups excluding carboxylic acids is 4. The Hall–Kier alpha value is -3.81. The molecule has 35 heavy (non-hydrogen) atoms. The van der Waals surface area contributed by atoms with Gasteiger partial charge in [-0.2, -0.15) is 0 Å². The van der Waals surface area contributed by atoms with Crippen LogP contribution in [0, 0.1) is 0 Å². The Bertz CT molecular complexity index is 1240. The van der Waals surface area contributed by atoms with Crippen LogP contribution in [0.3, 0.4) is 0 Å². The molecular formula is C27H23ClN2O5. The number of Topliss-reactive ketones (excluding diaryl/α,β-unsaturated/α-hetero) is 1. The lowest BCUT2D eigenvalue weighted by atomic mass is 10.1. The molecule has 0 spiro atoms. The molecule has 1 heterocycles.